The van der Waals surface area contributed by atoms with Crippen LogP contribution in [0, 0.1) is 10.1 Å². The van der Waals surface area contributed by atoms with E-state index >= 15 is 0 Å². The molecule has 19 heavy (non-hydrogen) atoms. The van der Waals surface area contributed by atoms with Gasteiger partial charge in [0.15, 0.2) is 0 Å². The van der Waals surface area contributed by atoms with Gasteiger partial charge in [0, 0.05) is 17.2 Å². The summed E-state index contributed by atoms with van der Waals surface area (Å²) in [6.45, 7) is 3.57. The van der Waals surface area contributed by atoms with Gasteiger partial charge in [-0.05, 0) is 19.4 Å². The molecular formula is C13H15NO5. The Kier molecular flexibility index (Phi) is 5.17. The fourth-order valence-electron chi connectivity index (χ4n) is 1.67. The van der Waals surface area contributed by atoms with Gasteiger partial charge in [-0.1, -0.05) is 19.4 Å². The predicted octanol–water partition coefficient (Wildman–Crippen LogP) is 2.29. The molecule has 0 N–H and O–H groups in total. The monoisotopic (exact) mass is 265 g/mol. The van der Waals surface area contributed by atoms with E-state index in [-0.39, 0.29) is 17.9 Å². The lowest BCUT2D eigenvalue weighted by Crippen LogP contribution is -2.17. The van der Waals surface area contributed by atoms with E-state index in [0.29, 0.717) is 12.0 Å². The minimum atomic E-state index is -1.000. The SMILES string of the molecule is CCCc1ccc(C(=O)C(=O)OCC)cc1[N+](=O)[O-]. The number of carbonyl (C=O) groups is 2. The molecule has 0 heterocycles. The zero-order valence-corrected chi connectivity index (χ0v) is 10.8. The molecule has 6 nitrogen and oxygen atoms in total. The standard InChI is InChI=1S/C13H15NO5/c1-3-5-9-6-7-10(8-11(9)14(17)18)12(15)13(16)19-4-2/h6-8H,3-5H2,1-2H3. The zero-order valence-electron chi connectivity index (χ0n) is 10.8. The molecule has 0 bridgehead atoms. The highest BCUT2D eigenvalue weighted by Crippen LogP contribution is 2.22. The molecule has 1 aromatic carbocycles. The summed E-state index contributed by atoms with van der Waals surface area (Å²) in [4.78, 5) is 33.4. The Bertz CT molecular complexity index is 510. The maximum absolute atomic E-state index is 11.7. The predicted molar refractivity (Wildman–Crippen MR) is 68.1 cm³/mol. The number of hydrogen-bond acceptors (Lipinski definition) is 5. The highest BCUT2D eigenvalue weighted by atomic mass is 16.6. The fraction of sp³-hybridized carbons (Fsp3) is 0.385. The van der Waals surface area contributed by atoms with Crippen molar-refractivity contribution in [3.63, 3.8) is 0 Å². The van der Waals surface area contributed by atoms with Crippen molar-refractivity contribution in [2.24, 2.45) is 0 Å². The van der Waals surface area contributed by atoms with Gasteiger partial charge in [-0.2, -0.15) is 0 Å². The van der Waals surface area contributed by atoms with E-state index in [1.807, 2.05) is 6.92 Å². The Labute approximate surface area is 110 Å². The van der Waals surface area contributed by atoms with Gasteiger partial charge in [0.05, 0.1) is 11.5 Å². The number of nitro groups is 1. The van der Waals surface area contributed by atoms with Crippen molar-refractivity contribution >= 4 is 17.4 Å². The number of ketones is 1. The van der Waals surface area contributed by atoms with Crippen LogP contribution < -0.4 is 0 Å². The molecule has 102 valence electrons. The zero-order chi connectivity index (χ0) is 14.4. The lowest BCUT2D eigenvalue weighted by molar-refractivity contribution is -0.385. The molecule has 0 aliphatic carbocycles. The molecule has 0 aliphatic rings. The fourth-order valence-corrected chi connectivity index (χ4v) is 1.67. The van der Waals surface area contributed by atoms with E-state index in [0.717, 1.165) is 12.5 Å². The number of esters is 1. The Balaban J connectivity index is 3.11. The van der Waals surface area contributed by atoms with Gasteiger partial charge < -0.3 is 4.74 Å². The van der Waals surface area contributed by atoms with Gasteiger partial charge >= 0.3 is 5.97 Å². The first-order chi connectivity index (χ1) is 9.01. The van der Waals surface area contributed by atoms with Crippen molar-refractivity contribution in [1.82, 2.24) is 0 Å². The molecule has 0 saturated heterocycles. The molecule has 0 fully saturated rings. The Morgan fingerprint density at radius 3 is 2.53 bits per heavy atom. The third kappa shape index (κ3) is 3.61. The van der Waals surface area contributed by atoms with E-state index in [1.165, 1.54) is 12.1 Å². The Hall–Kier alpha value is -2.24. The van der Waals surface area contributed by atoms with Crippen LogP contribution in [0.1, 0.15) is 36.2 Å². The molecule has 0 radical (unpaired) electrons. The van der Waals surface area contributed by atoms with Gasteiger partial charge in [-0.3, -0.25) is 14.9 Å². The maximum Gasteiger partial charge on any atom is 0.379 e. The van der Waals surface area contributed by atoms with E-state index in [2.05, 4.69) is 4.74 Å². The van der Waals surface area contributed by atoms with E-state index in [1.54, 1.807) is 6.92 Å². The van der Waals surface area contributed by atoms with E-state index in [4.69, 9.17) is 0 Å². The highest BCUT2D eigenvalue weighted by molar-refractivity contribution is 6.40. The summed E-state index contributed by atoms with van der Waals surface area (Å²) < 4.78 is 4.58. The van der Waals surface area contributed by atoms with Crippen molar-refractivity contribution < 1.29 is 19.2 Å². The summed E-state index contributed by atoms with van der Waals surface area (Å²) in [6.07, 6.45) is 1.30. The molecule has 0 unspecified atom stereocenters. The largest absolute Gasteiger partial charge is 0.460 e. The third-order valence-corrected chi connectivity index (χ3v) is 2.52. The van der Waals surface area contributed by atoms with Crippen LogP contribution in [0.3, 0.4) is 0 Å². The Morgan fingerprint density at radius 1 is 1.32 bits per heavy atom. The number of hydrogen-bond donors (Lipinski definition) is 0. The summed E-state index contributed by atoms with van der Waals surface area (Å²) in [5.41, 5.74) is 0.384. The van der Waals surface area contributed by atoms with Crippen molar-refractivity contribution in [3.05, 3.63) is 39.4 Å². The van der Waals surface area contributed by atoms with Crippen LogP contribution in [-0.4, -0.2) is 23.3 Å². The molecule has 0 amide bonds. The highest BCUT2D eigenvalue weighted by Gasteiger charge is 2.22. The summed E-state index contributed by atoms with van der Waals surface area (Å²) in [5.74, 6) is -1.87. The van der Waals surface area contributed by atoms with Gasteiger partial charge in [0.25, 0.3) is 11.5 Å². The minimum Gasteiger partial charge on any atom is -0.460 e. The number of ether oxygens (including phenoxy) is 1. The van der Waals surface area contributed by atoms with Crippen LogP contribution in [0.2, 0.25) is 0 Å². The molecule has 0 saturated carbocycles. The van der Waals surface area contributed by atoms with Crippen molar-refractivity contribution in [1.29, 1.82) is 0 Å². The second kappa shape index (κ2) is 6.63. The molecular weight excluding hydrogens is 250 g/mol. The molecule has 0 aromatic heterocycles. The normalized spacial score (nSPS) is 10.0. The quantitative estimate of drug-likeness (QED) is 0.259. The number of nitrogens with zero attached hydrogens (tertiary/aromatic N) is 1. The molecule has 0 spiro atoms. The second-order valence-corrected chi connectivity index (χ2v) is 3.90. The smallest absolute Gasteiger partial charge is 0.379 e. The molecule has 1 rings (SSSR count). The Morgan fingerprint density at radius 2 is 2.00 bits per heavy atom. The summed E-state index contributed by atoms with van der Waals surface area (Å²) >= 11 is 0. The van der Waals surface area contributed by atoms with Crippen LogP contribution in [0.25, 0.3) is 0 Å². The average molecular weight is 265 g/mol. The number of benzene rings is 1. The first kappa shape index (κ1) is 14.8. The van der Waals surface area contributed by atoms with Crippen LogP contribution in [0.4, 0.5) is 5.69 Å². The number of rotatable bonds is 6. The van der Waals surface area contributed by atoms with Crippen LogP contribution in [-0.2, 0) is 16.0 Å². The molecule has 0 atom stereocenters. The van der Waals surface area contributed by atoms with Gasteiger partial charge in [0.2, 0.25) is 0 Å². The number of nitro benzene ring substituents is 1. The van der Waals surface area contributed by atoms with Gasteiger partial charge in [-0.15, -0.1) is 0 Å². The molecule has 0 aliphatic heterocycles. The number of Topliss-reactive ketones (excluding diaryl/α,β-unsaturated/α-hetero) is 1. The van der Waals surface area contributed by atoms with Gasteiger partial charge in [0.1, 0.15) is 0 Å². The third-order valence-electron chi connectivity index (χ3n) is 2.52. The van der Waals surface area contributed by atoms with Crippen LogP contribution in [0.15, 0.2) is 18.2 Å². The first-order valence-corrected chi connectivity index (χ1v) is 6.00. The summed E-state index contributed by atoms with van der Waals surface area (Å²) in [5, 5.41) is 10.9. The van der Waals surface area contributed by atoms with Crippen LogP contribution >= 0.6 is 0 Å². The number of aryl methyl sites for hydroxylation is 1. The van der Waals surface area contributed by atoms with Gasteiger partial charge in [-0.25, -0.2) is 4.79 Å². The van der Waals surface area contributed by atoms with E-state index in [9.17, 15) is 19.7 Å². The summed E-state index contributed by atoms with van der Waals surface area (Å²) in [6, 6.07) is 4.05. The molecule has 1 aromatic rings. The first-order valence-electron chi connectivity index (χ1n) is 6.00. The number of carbonyl (C=O) groups excluding carboxylic acids is 2. The topological polar surface area (TPSA) is 86.5 Å². The lowest BCUT2D eigenvalue weighted by atomic mass is 10.0. The van der Waals surface area contributed by atoms with Crippen LogP contribution in [0.5, 0.6) is 0 Å². The average Bonchev–Trinajstić information content (AvgIpc) is 2.38. The van der Waals surface area contributed by atoms with Crippen molar-refractivity contribution in [2.45, 2.75) is 26.7 Å². The van der Waals surface area contributed by atoms with E-state index < -0.39 is 16.7 Å². The molecule has 6 heteroatoms. The minimum absolute atomic E-state index is 0.0231. The van der Waals surface area contributed by atoms with Crippen molar-refractivity contribution in [3.8, 4) is 0 Å². The maximum atomic E-state index is 11.7. The lowest BCUT2D eigenvalue weighted by Gasteiger charge is -2.04. The second-order valence-electron chi connectivity index (χ2n) is 3.90. The van der Waals surface area contributed by atoms with Crippen molar-refractivity contribution in [2.75, 3.05) is 6.61 Å². The summed E-state index contributed by atoms with van der Waals surface area (Å²) in [7, 11) is 0.